The van der Waals surface area contributed by atoms with Gasteiger partial charge in [-0.2, -0.15) is 5.10 Å². The zero-order valence-electron chi connectivity index (χ0n) is 13.0. The molecule has 0 bridgehead atoms. The minimum atomic E-state index is -0.0827. The van der Waals surface area contributed by atoms with Gasteiger partial charge in [-0.1, -0.05) is 5.16 Å². The molecule has 6 heteroatoms. The Labute approximate surface area is 124 Å². The lowest BCUT2D eigenvalue weighted by Crippen LogP contribution is -2.24. The highest BCUT2D eigenvalue weighted by atomic mass is 16.5. The quantitative estimate of drug-likeness (QED) is 0.829. The number of hydrogen-bond donors (Lipinski definition) is 1. The molecule has 0 aromatic carbocycles. The van der Waals surface area contributed by atoms with Crippen molar-refractivity contribution in [3.63, 3.8) is 0 Å². The van der Waals surface area contributed by atoms with Crippen LogP contribution in [-0.4, -0.2) is 27.4 Å². The molecule has 21 heavy (non-hydrogen) atoms. The molecular formula is C15H22N4O2. The monoisotopic (exact) mass is 290 g/mol. The molecule has 0 saturated heterocycles. The van der Waals surface area contributed by atoms with Gasteiger partial charge in [0.1, 0.15) is 5.76 Å². The average Bonchev–Trinajstić information content (AvgIpc) is 3.04. The number of nitrogens with zero attached hydrogens (tertiary/aromatic N) is 3. The van der Waals surface area contributed by atoms with Gasteiger partial charge in [0, 0.05) is 24.3 Å². The predicted octanol–water partition coefficient (Wildman–Crippen LogP) is 2.43. The zero-order valence-corrected chi connectivity index (χ0v) is 13.0. The maximum atomic E-state index is 12.0. The van der Waals surface area contributed by atoms with Gasteiger partial charge in [-0.25, -0.2) is 0 Å². The molecule has 0 aliphatic carbocycles. The molecule has 2 heterocycles. The summed E-state index contributed by atoms with van der Waals surface area (Å²) >= 11 is 0. The van der Waals surface area contributed by atoms with Crippen LogP contribution in [-0.2, 0) is 6.42 Å². The molecule has 0 spiro atoms. The molecule has 1 amide bonds. The van der Waals surface area contributed by atoms with E-state index in [9.17, 15) is 4.79 Å². The molecule has 0 atom stereocenters. The van der Waals surface area contributed by atoms with E-state index >= 15 is 0 Å². The van der Waals surface area contributed by atoms with Crippen LogP contribution in [0.4, 0.5) is 0 Å². The first-order chi connectivity index (χ1) is 9.99. The summed E-state index contributed by atoms with van der Waals surface area (Å²) in [7, 11) is 0. The van der Waals surface area contributed by atoms with E-state index in [0.717, 1.165) is 29.9 Å². The van der Waals surface area contributed by atoms with Crippen molar-refractivity contribution in [3.8, 4) is 0 Å². The number of rotatable bonds is 6. The smallest absolute Gasteiger partial charge is 0.254 e. The van der Waals surface area contributed by atoms with E-state index in [1.54, 1.807) is 17.1 Å². The molecule has 0 saturated carbocycles. The lowest BCUT2D eigenvalue weighted by molar-refractivity contribution is 0.0953. The van der Waals surface area contributed by atoms with Crippen molar-refractivity contribution < 1.29 is 9.32 Å². The highest BCUT2D eigenvalue weighted by Crippen LogP contribution is 2.13. The number of amides is 1. The van der Waals surface area contributed by atoms with Crippen molar-refractivity contribution in [2.45, 2.75) is 46.6 Å². The molecule has 0 radical (unpaired) electrons. The summed E-state index contributed by atoms with van der Waals surface area (Å²) in [4.78, 5) is 12.0. The lowest BCUT2D eigenvalue weighted by atomic mass is 10.1. The second-order valence-corrected chi connectivity index (χ2v) is 5.46. The Morgan fingerprint density at radius 3 is 2.76 bits per heavy atom. The summed E-state index contributed by atoms with van der Waals surface area (Å²) in [5.41, 5.74) is 2.66. The molecular weight excluding hydrogens is 268 g/mol. The van der Waals surface area contributed by atoms with Gasteiger partial charge in [0.2, 0.25) is 0 Å². The van der Waals surface area contributed by atoms with Gasteiger partial charge in [-0.15, -0.1) is 0 Å². The number of nitrogens with one attached hydrogen (secondary N) is 1. The van der Waals surface area contributed by atoms with Crippen LogP contribution < -0.4 is 5.32 Å². The average molecular weight is 290 g/mol. The van der Waals surface area contributed by atoms with Crippen LogP contribution in [0.5, 0.6) is 0 Å². The van der Waals surface area contributed by atoms with Gasteiger partial charge in [-0.05, 0) is 40.5 Å². The van der Waals surface area contributed by atoms with Crippen LogP contribution in [0, 0.1) is 13.8 Å². The zero-order chi connectivity index (χ0) is 15.4. The number of aryl methyl sites for hydroxylation is 2. The molecule has 2 rings (SSSR count). The molecule has 6 nitrogen and oxygen atoms in total. The SMILES string of the molecule is Cc1noc(C)c1CCCNC(=O)c1cnn(C(C)C)c1. The Bertz CT molecular complexity index is 593. The van der Waals surface area contributed by atoms with Crippen LogP contribution in [0.25, 0.3) is 0 Å². The van der Waals surface area contributed by atoms with Crippen LogP contribution in [0.15, 0.2) is 16.9 Å². The maximum Gasteiger partial charge on any atom is 0.254 e. The van der Waals surface area contributed by atoms with Crippen molar-refractivity contribution in [2.24, 2.45) is 0 Å². The number of carbonyl (C=O) groups is 1. The Morgan fingerprint density at radius 2 is 2.19 bits per heavy atom. The van der Waals surface area contributed by atoms with Gasteiger partial charge >= 0.3 is 0 Å². The maximum absolute atomic E-state index is 12.0. The summed E-state index contributed by atoms with van der Waals surface area (Å²) in [5.74, 6) is 0.776. The Morgan fingerprint density at radius 1 is 1.43 bits per heavy atom. The molecule has 0 aliphatic rings. The summed E-state index contributed by atoms with van der Waals surface area (Å²) in [6.07, 6.45) is 5.08. The molecule has 1 N–H and O–H groups in total. The van der Waals surface area contributed by atoms with E-state index in [0.29, 0.717) is 12.1 Å². The fourth-order valence-corrected chi connectivity index (χ4v) is 2.17. The number of carbonyl (C=O) groups excluding carboxylic acids is 1. The topological polar surface area (TPSA) is 73.0 Å². The lowest BCUT2D eigenvalue weighted by Gasteiger charge is -2.04. The molecule has 0 unspecified atom stereocenters. The number of aromatic nitrogens is 3. The Balaban J connectivity index is 1.79. The van der Waals surface area contributed by atoms with Crippen LogP contribution >= 0.6 is 0 Å². The van der Waals surface area contributed by atoms with E-state index in [2.05, 4.69) is 15.6 Å². The fourth-order valence-electron chi connectivity index (χ4n) is 2.17. The summed E-state index contributed by atoms with van der Waals surface area (Å²) in [6, 6.07) is 0.256. The Kier molecular flexibility index (Phi) is 4.77. The summed E-state index contributed by atoms with van der Waals surface area (Å²) < 4.78 is 6.90. The Hall–Kier alpha value is -2.11. The van der Waals surface area contributed by atoms with E-state index in [1.807, 2.05) is 27.7 Å². The van der Waals surface area contributed by atoms with Gasteiger partial charge in [0.15, 0.2) is 0 Å². The second kappa shape index (κ2) is 6.56. The van der Waals surface area contributed by atoms with Crippen molar-refractivity contribution in [2.75, 3.05) is 6.54 Å². The molecule has 0 aliphatic heterocycles. The van der Waals surface area contributed by atoms with Crippen LogP contribution in [0.3, 0.4) is 0 Å². The summed E-state index contributed by atoms with van der Waals surface area (Å²) in [6.45, 7) is 8.52. The third-order valence-corrected chi connectivity index (χ3v) is 3.46. The second-order valence-electron chi connectivity index (χ2n) is 5.46. The minimum absolute atomic E-state index is 0.0827. The first-order valence-corrected chi connectivity index (χ1v) is 7.23. The van der Waals surface area contributed by atoms with E-state index < -0.39 is 0 Å². The standard InChI is InChI=1S/C15H22N4O2/c1-10(2)19-9-13(8-17-19)15(20)16-7-5-6-14-11(3)18-21-12(14)4/h8-10H,5-7H2,1-4H3,(H,16,20). The van der Waals surface area contributed by atoms with Crippen LogP contribution in [0.1, 0.15) is 53.7 Å². The van der Waals surface area contributed by atoms with Crippen molar-refractivity contribution in [1.29, 1.82) is 0 Å². The molecule has 2 aromatic rings. The largest absolute Gasteiger partial charge is 0.361 e. The third-order valence-electron chi connectivity index (χ3n) is 3.46. The van der Waals surface area contributed by atoms with Gasteiger partial charge in [-0.3, -0.25) is 9.48 Å². The highest BCUT2D eigenvalue weighted by molar-refractivity contribution is 5.93. The van der Waals surface area contributed by atoms with E-state index in [1.165, 1.54) is 0 Å². The van der Waals surface area contributed by atoms with Crippen LogP contribution in [0.2, 0.25) is 0 Å². The fraction of sp³-hybridized carbons (Fsp3) is 0.533. The molecule has 2 aromatic heterocycles. The number of hydrogen-bond acceptors (Lipinski definition) is 4. The van der Waals surface area contributed by atoms with Crippen molar-refractivity contribution >= 4 is 5.91 Å². The summed E-state index contributed by atoms with van der Waals surface area (Å²) in [5, 5.41) is 11.0. The first-order valence-electron chi connectivity index (χ1n) is 7.23. The third kappa shape index (κ3) is 3.71. The first kappa shape index (κ1) is 15.3. The highest BCUT2D eigenvalue weighted by Gasteiger charge is 2.11. The van der Waals surface area contributed by atoms with Gasteiger partial charge in [0.05, 0.1) is 17.5 Å². The minimum Gasteiger partial charge on any atom is -0.361 e. The van der Waals surface area contributed by atoms with E-state index in [4.69, 9.17) is 4.52 Å². The van der Waals surface area contributed by atoms with E-state index in [-0.39, 0.29) is 11.9 Å². The molecule has 0 fully saturated rings. The van der Waals surface area contributed by atoms with Crippen molar-refractivity contribution in [1.82, 2.24) is 20.3 Å². The molecule has 114 valence electrons. The van der Waals surface area contributed by atoms with Crippen molar-refractivity contribution in [3.05, 3.63) is 35.0 Å². The normalized spacial score (nSPS) is 11.1. The van der Waals surface area contributed by atoms with Gasteiger partial charge in [0.25, 0.3) is 5.91 Å². The van der Waals surface area contributed by atoms with Gasteiger partial charge < -0.3 is 9.84 Å². The predicted molar refractivity (Wildman–Crippen MR) is 79.2 cm³/mol.